The van der Waals surface area contributed by atoms with Crippen LogP contribution in [0.5, 0.6) is 5.75 Å². The van der Waals surface area contributed by atoms with E-state index in [1.165, 1.54) is 38.3 Å². The quantitative estimate of drug-likeness (QED) is 0.813. The standard InChI is InChI=1S/C19H19FN2O3/c1-12-16(21-13(2)23)5-4-6-17(12)22-19(24)10-8-14-7-9-18(25-3)15(20)11-14/h4-11H,1-3H3,(H,21,23)(H,22,24)/b10-8+. The molecule has 0 atom stereocenters. The SMILES string of the molecule is COc1ccc(/C=C/C(=O)Nc2cccc(NC(C)=O)c2C)cc1F. The number of carbonyl (C=O) groups is 2. The Balaban J connectivity index is 2.10. The summed E-state index contributed by atoms with van der Waals surface area (Å²) < 4.78 is 18.5. The van der Waals surface area contributed by atoms with Crippen molar-refractivity contribution in [3.05, 3.63) is 59.4 Å². The summed E-state index contributed by atoms with van der Waals surface area (Å²) in [6.07, 6.45) is 2.82. The van der Waals surface area contributed by atoms with Gasteiger partial charge in [0.15, 0.2) is 11.6 Å². The Bertz CT molecular complexity index is 831. The van der Waals surface area contributed by atoms with E-state index in [4.69, 9.17) is 4.74 Å². The molecular weight excluding hydrogens is 323 g/mol. The Morgan fingerprint density at radius 1 is 1.12 bits per heavy atom. The first-order valence-corrected chi connectivity index (χ1v) is 7.60. The molecule has 2 aromatic rings. The van der Waals surface area contributed by atoms with Crippen LogP contribution in [0.1, 0.15) is 18.1 Å². The Morgan fingerprint density at radius 2 is 1.80 bits per heavy atom. The molecule has 0 aliphatic carbocycles. The Hall–Kier alpha value is -3.15. The number of carbonyl (C=O) groups excluding carboxylic acids is 2. The molecule has 2 amide bonds. The zero-order valence-electron chi connectivity index (χ0n) is 14.2. The number of methoxy groups -OCH3 is 1. The van der Waals surface area contributed by atoms with Crippen molar-refractivity contribution in [2.75, 3.05) is 17.7 Å². The van der Waals surface area contributed by atoms with Gasteiger partial charge in [0.2, 0.25) is 11.8 Å². The molecular formula is C19H19FN2O3. The van der Waals surface area contributed by atoms with Crippen LogP contribution in [0, 0.1) is 12.7 Å². The van der Waals surface area contributed by atoms with E-state index < -0.39 is 5.82 Å². The van der Waals surface area contributed by atoms with E-state index in [0.717, 1.165) is 5.56 Å². The molecule has 0 heterocycles. The van der Waals surface area contributed by atoms with Gasteiger partial charge in [0.1, 0.15) is 0 Å². The second-order valence-corrected chi connectivity index (χ2v) is 5.38. The lowest BCUT2D eigenvalue weighted by molar-refractivity contribution is -0.114. The minimum absolute atomic E-state index is 0.145. The Kier molecular flexibility index (Phi) is 5.89. The number of hydrogen-bond acceptors (Lipinski definition) is 3. The highest BCUT2D eigenvalue weighted by Gasteiger charge is 2.07. The van der Waals surface area contributed by atoms with E-state index in [1.54, 1.807) is 31.2 Å². The molecule has 0 spiro atoms. The van der Waals surface area contributed by atoms with Gasteiger partial charge in [-0.2, -0.15) is 0 Å². The molecule has 5 nitrogen and oxygen atoms in total. The molecule has 0 fully saturated rings. The molecule has 0 aliphatic rings. The lowest BCUT2D eigenvalue weighted by atomic mass is 10.1. The molecule has 0 unspecified atom stereocenters. The monoisotopic (exact) mass is 342 g/mol. The van der Waals surface area contributed by atoms with E-state index >= 15 is 0 Å². The topological polar surface area (TPSA) is 67.4 Å². The van der Waals surface area contributed by atoms with Crippen LogP contribution in [0.4, 0.5) is 15.8 Å². The van der Waals surface area contributed by atoms with Crippen molar-refractivity contribution in [1.82, 2.24) is 0 Å². The maximum atomic E-state index is 13.6. The van der Waals surface area contributed by atoms with Crippen molar-refractivity contribution < 1.29 is 18.7 Å². The molecule has 0 aromatic heterocycles. The average Bonchev–Trinajstić information content (AvgIpc) is 2.56. The predicted octanol–water partition coefficient (Wildman–Crippen LogP) is 3.75. The highest BCUT2D eigenvalue weighted by atomic mass is 19.1. The number of rotatable bonds is 5. The summed E-state index contributed by atoms with van der Waals surface area (Å²) in [4.78, 5) is 23.3. The Labute approximate surface area is 145 Å². The zero-order chi connectivity index (χ0) is 18.4. The van der Waals surface area contributed by atoms with Crippen LogP contribution in [-0.2, 0) is 9.59 Å². The van der Waals surface area contributed by atoms with Crippen molar-refractivity contribution in [1.29, 1.82) is 0 Å². The maximum Gasteiger partial charge on any atom is 0.248 e. The summed E-state index contributed by atoms with van der Waals surface area (Å²) in [6.45, 7) is 3.21. The van der Waals surface area contributed by atoms with Gasteiger partial charge < -0.3 is 15.4 Å². The number of amides is 2. The fourth-order valence-corrected chi connectivity index (χ4v) is 2.23. The first-order valence-electron chi connectivity index (χ1n) is 7.60. The summed E-state index contributed by atoms with van der Waals surface area (Å²) in [5.74, 6) is -0.900. The van der Waals surface area contributed by atoms with Crippen LogP contribution in [0.25, 0.3) is 6.08 Å². The molecule has 0 radical (unpaired) electrons. The van der Waals surface area contributed by atoms with E-state index in [-0.39, 0.29) is 17.6 Å². The van der Waals surface area contributed by atoms with Crippen LogP contribution in [0.15, 0.2) is 42.5 Å². The molecule has 2 aromatic carbocycles. The van der Waals surface area contributed by atoms with Gasteiger partial charge in [-0.3, -0.25) is 9.59 Å². The largest absolute Gasteiger partial charge is 0.494 e. The van der Waals surface area contributed by atoms with E-state index in [0.29, 0.717) is 16.9 Å². The number of ether oxygens (including phenoxy) is 1. The van der Waals surface area contributed by atoms with Crippen LogP contribution in [0.3, 0.4) is 0 Å². The number of benzene rings is 2. The normalized spacial score (nSPS) is 10.6. The summed E-state index contributed by atoms with van der Waals surface area (Å²) in [7, 11) is 1.39. The van der Waals surface area contributed by atoms with Crippen LogP contribution >= 0.6 is 0 Å². The first-order chi connectivity index (χ1) is 11.9. The van der Waals surface area contributed by atoms with Gasteiger partial charge in [0.25, 0.3) is 0 Å². The smallest absolute Gasteiger partial charge is 0.248 e. The van der Waals surface area contributed by atoms with Gasteiger partial charge >= 0.3 is 0 Å². The number of anilines is 2. The van der Waals surface area contributed by atoms with E-state index in [9.17, 15) is 14.0 Å². The van der Waals surface area contributed by atoms with E-state index in [1.807, 2.05) is 0 Å². The van der Waals surface area contributed by atoms with Crippen LogP contribution in [0.2, 0.25) is 0 Å². The molecule has 6 heteroatoms. The van der Waals surface area contributed by atoms with Crippen molar-refractivity contribution in [2.45, 2.75) is 13.8 Å². The summed E-state index contributed by atoms with van der Waals surface area (Å²) in [5, 5.41) is 5.44. The van der Waals surface area contributed by atoms with Crippen molar-refractivity contribution in [3.63, 3.8) is 0 Å². The second-order valence-electron chi connectivity index (χ2n) is 5.38. The number of nitrogens with one attached hydrogen (secondary N) is 2. The highest BCUT2D eigenvalue weighted by Crippen LogP contribution is 2.23. The van der Waals surface area contributed by atoms with Crippen LogP contribution < -0.4 is 15.4 Å². The van der Waals surface area contributed by atoms with Gasteiger partial charge in [0.05, 0.1) is 7.11 Å². The van der Waals surface area contributed by atoms with Crippen molar-refractivity contribution in [2.24, 2.45) is 0 Å². The van der Waals surface area contributed by atoms with Gasteiger partial charge in [0, 0.05) is 24.4 Å². The fourth-order valence-electron chi connectivity index (χ4n) is 2.23. The summed E-state index contributed by atoms with van der Waals surface area (Å²) >= 11 is 0. The molecule has 0 aliphatic heterocycles. The first kappa shape index (κ1) is 18.2. The number of hydrogen-bond donors (Lipinski definition) is 2. The molecule has 0 saturated carbocycles. The van der Waals surface area contributed by atoms with Crippen molar-refractivity contribution in [3.8, 4) is 5.75 Å². The summed E-state index contributed by atoms with van der Waals surface area (Å²) in [6, 6.07) is 9.64. The van der Waals surface area contributed by atoms with E-state index in [2.05, 4.69) is 10.6 Å². The molecule has 130 valence electrons. The Morgan fingerprint density at radius 3 is 2.40 bits per heavy atom. The van der Waals surface area contributed by atoms with Crippen LogP contribution in [-0.4, -0.2) is 18.9 Å². The third-order valence-electron chi connectivity index (χ3n) is 3.51. The lowest BCUT2D eigenvalue weighted by Crippen LogP contribution is -2.12. The molecule has 2 rings (SSSR count). The van der Waals surface area contributed by atoms with Gasteiger partial charge in [-0.15, -0.1) is 0 Å². The fraction of sp³-hybridized carbons (Fsp3) is 0.158. The van der Waals surface area contributed by atoms with Gasteiger partial charge in [-0.25, -0.2) is 4.39 Å². The maximum absolute atomic E-state index is 13.6. The minimum Gasteiger partial charge on any atom is -0.494 e. The highest BCUT2D eigenvalue weighted by molar-refractivity contribution is 6.03. The zero-order valence-corrected chi connectivity index (χ0v) is 14.2. The average molecular weight is 342 g/mol. The predicted molar refractivity (Wildman–Crippen MR) is 96.1 cm³/mol. The lowest BCUT2D eigenvalue weighted by Gasteiger charge is -2.11. The second kappa shape index (κ2) is 8.10. The summed E-state index contributed by atoms with van der Waals surface area (Å²) in [5.41, 5.74) is 2.50. The van der Waals surface area contributed by atoms with Crippen molar-refractivity contribution >= 4 is 29.3 Å². The third-order valence-corrected chi connectivity index (χ3v) is 3.51. The minimum atomic E-state index is -0.496. The van der Waals surface area contributed by atoms with Gasteiger partial charge in [-0.05, 0) is 48.4 Å². The van der Waals surface area contributed by atoms with Gasteiger partial charge in [-0.1, -0.05) is 12.1 Å². The molecule has 2 N–H and O–H groups in total. The number of halogens is 1. The molecule has 0 saturated heterocycles. The molecule has 0 bridgehead atoms. The third kappa shape index (κ3) is 4.91. The molecule has 25 heavy (non-hydrogen) atoms.